The van der Waals surface area contributed by atoms with Crippen molar-refractivity contribution in [3.63, 3.8) is 0 Å². The van der Waals surface area contributed by atoms with Crippen LogP contribution in [0.1, 0.15) is 22.8 Å². The Morgan fingerprint density at radius 3 is 2.38 bits per heavy atom. The lowest BCUT2D eigenvalue weighted by atomic mass is 10.1. The van der Waals surface area contributed by atoms with Crippen LogP contribution in [-0.2, 0) is 6.42 Å². The molecule has 9 heteroatoms. The summed E-state index contributed by atoms with van der Waals surface area (Å²) in [5.41, 5.74) is -0.0699. The van der Waals surface area contributed by atoms with Gasteiger partial charge in [-0.1, -0.05) is 6.07 Å². The van der Waals surface area contributed by atoms with E-state index in [0.29, 0.717) is 0 Å². The summed E-state index contributed by atoms with van der Waals surface area (Å²) in [5.74, 6) is -2.28. The predicted octanol–water partition coefficient (Wildman–Crippen LogP) is 3.66. The highest BCUT2D eigenvalue weighted by atomic mass is 19.4. The van der Waals surface area contributed by atoms with Gasteiger partial charge in [-0.2, -0.15) is 13.2 Å². The maximum atomic E-state index is 13.6. The first-order valence-electron chi connectivity index (χ1n) is 7.55. The van der Waals surface area contributed by atoms with Gasteiger partial charge in [-0.25, -0.2) is 13.8 Å². The SMILES string of the molecule is CC(Cc1c(F)cccc1F)NC(=O)c1ccc(OCC(F)(F)F)nc1. The zero-order valence-corrected chi connectivity index (χ0v) is 13.6. The van der Waals surface area contributed by atoms with E-state index in [2.05, 4.69) is 15.0 Å². The number of amides is 1. The molecule has 1 aromatic heterocycles. The van der Waals surface area contributed by atoms with Crippen molar-refractivity contribution in [3.8, 4) is 5.88 Å². The average molecular weight is 374 g/mol. The molecule has 1 unspecified atom stereocenters. The molecule has 0 radical (unpaired) electrons. The quantitative estimate of drug-likeness (QED) is 0.785. The van der Waals surface area contributed by atoms with Crippen LogP contribution in [0, 0.1) is 11.6 Å². The number of hydrogen-bond acceptors (Lipinski definition) is 3. The molecule has 0 aliphatic rings. The molecule has 0 aliphatic heterocycles. The fourth-order valence-corrected chi connectivity index (χ4v) is 2.15. The predicted molar refractivity (Wildman–Crippen MR) is 82.8 cm³/mol. The van der Waals surface area contributed by atoms with Gasteiger partial charge in [0, 0.05) is 23.9 Å². The number of benzene rings is 1. The molecule has 0 aliphatic carbocycles. The smallest absolute Gasteiger partial charge is 0.422 e. The highest BCUT2D eigenvalue weighted by molar-refractivity contribution is 5.94. The third kappa shape index (κ3) is 5.68. The van der Waals surface area contributed by atoms with Crippen LogP contribution in [0.25, 0.3) is 0 Å². The van der Waals surface area contributed by atoms with Crippen LogP contribution in [0.3, 0.4) is 0 Å². The number of carbonyl (C=O) groups excluding carboxylic acids is 1. The average Bonchev–Trinajstić information content (AvgIpc) is 2.56. The van der Waals surface area contributed by atoms with Crippen LogP contribution in [0.4, 0.5) is 22.0 Å². The van der Waals surface area contributed by atoms with Gasteiger partial charge >= 0.3 is 6.18 Å². The lowest BCUT2D eigenvalue weighted by molar-refractivity contribution is -0.154. The lowest BCUT2D eigenvalue weighted by Crippen LogP contribution is -2.34. The van der Waals surface area contributed by atoms with Crippen molar-refractivity contribution in [1.82, 2.24) is 10.3 Å². The van der Waals surface area contributed by atoms with E-state index in [0.717, 1.165) is 24.4 Å². The number of rotatable bonds is 6. The van der Waals surface area contributed by atoms with E-state index < -0.39 is 36.4 Å². The zero-order valence-electron chi connectivity index (χ0n) is 13.6. The van der Waals surface area contributed by atoms with E-state index in [4.69, 9.17) is 0 Å². The Morgan fingerprint density at radius 2 is 1.85 bits per heavy atom. The lowest BCUT2D eigenvalue weighted by Gasteiger charge is -2.15. The number of aromatic nitrogens is 1. The molecule has 1 N–H and O–H groups in total. The molecule has 0 saturated carbocycles. The van der Waals surface area contributed by atoms with E-state index in [-0.39, 0.29) is 23.4 Å². The molecule has 0 spiro atoms. The van der Waals surface area contributed by atoms with Crippen molar-refractivity contribution >= 4 is 5.91 Å². The Balaban J connectivity index is 1.94. The van der Waals surface area contributed by atoms with E-state index in [1.54, 1.807) is 6.92 Å². The molecular weight excluding hydrogens is 359 g/mol. The molecule has 26 heavy (non-hydrogen) atoms. The Bertz CT molecular complexity index is 742. The van der Waals surface area contributed by atoms with Crippen molar-refractivity contribution in [1.29, 1.82) is 0 Å². The standard InChI is InChI=1S/C17H15F5N2O2/c1-10(7-12-13(18)3-2-4-14(12)19)24-16(25)11-5-6-15(23-8-11)26-9-17(20,21)22/h2-6,8,10H,7,9H2,1H3,(H,24,25). The first-order valence-corrected chi connectivity index (χ1v) is 7.55. The monoisotopic (exact) mass is 374 g/mol. The largest absolute Gasteiger partial charge is 0.468 e. The topological polar surface area (TPSA) is 51.2 Å². The van der Waals surface area contributed by atoms with Gasteiger partial charge in [0.15, 0.2) is 6.61 Å². The van der Waals surface area contributed by atoms with Crippen molar-refractivity contribution in [2.45, 2.75) is 25.6 Å². The summed E-state index contributed by atoms with van der Waals surface area (Å²) in [5, 5.41) is 2.54. The van der Waals surface area contributed by atoms with Crippen molar-refractivity contribution in [2.24, 2.45) is 0 Å². The molecule has 1 amide bonds. The summed E-state index contributed by atoms with van der Waals surface area (Å²) < 4.78 is 67.8. The fourth-order valence-electron chi connectivity index (χ4n) is 2.15. The third-order valence-electron chi connectivity index (χ3n) is 3.33. The molecular formula is C17H15F5N2O2. The molecule has 1 atom stereocenters. The molecule has 1 aromatic carbocycles. The highest BCUT2D eigenvalue weighted by Gasteiger charge is 2.28. The van der Waals surface area contributed by atoms with E-state index in [1.807, 2.05) is 0 Å². The number of carbonyl (C=O) groups is 1. The van der Waals surface area contributed by atoms with Gasteiger partial charge in [0.1, 0.15) is 11.6 Å². The fraction of sp³-hybridized carbons (Fsp3) is 0.294. The van der Waals surface area contributed by atoms with Gasteiger partial charge in [0.05, 0.1) is 5.56 Å². The van der Waals surface area contributed by atoms with Crippen LogP contribution in [0.5, 0.6) is 5.88 Å². The number of nitrogens with zero attached hydrogens (tertiary/aromatic N) is 1. The maximum Gasteiger partial charge on any atom is 0.422 e. The van der Waals surface area contributed by atoms with Crippen molar-refractivity contribution in [2.75, 3.05) is 6.61 Å². The van der Waals surface area contributed by atoms with Crippen LogP contribution >= 0.6 is 0 Å². The van der Waals surface area contributed by atoms with Gasteiger partial charge < -0.3 is 10.1 Å². The molecule has 4 nitrogen and oxygen atoms in total. The van der Waals surface area contributed by atoms with E-state index in [1.165, 1.54) is 12.1 Å². The Kier molecular flexibility index (Phi) is 6.12. The zero-order chi connectivity index (χ0) is 19.3. The number of nitrogens with one attached hydrogen (secondary N) is 1. The Morgan fingerprint density at radius 1 is 1.19 bits per heavy atom. The molecule has 0 saturated heterocycles. The Hall–Kier alpha value is -2.71. The third-order valence-corrected chi connectivity index (χ3v) is 3.33. The maximum absolute atomic E-state index is 13.6. The second kappa shape index (κ2) is 8.11. The van der Waals surface area contributed by atoms with Crippen molar-refractivity contribution < 1.29 is 31.5 Å². The summed E-state index contributed by atoms with van der Waals surface area (Å²) in [6, 6.07) is 5.26. The Labute approximate surface area is 146 Å². The minimum absolute atomic E-state index is 0.0650. The number of pyridine rings is 1. The number of alkyl halides is 3. The van der Waals surface area contributed by atoms with E-state index >= 15 is 0 Å². The highest BCUT2D eigenvalue weighted by Crippen LogP contribution is 2.17. The molecule has 0 fully saturated rings. The second-order valence-corrected chi connectivity index (χ2v) is 5.57. The minimum atomic E-state index is -4.49. The first kappa shape index (κ1) is 19.6. The van der Waals surface area contributed by atoms with Gasteiger partial charge in [0.25, 0.3) is 5.91 Å². The van der Waals surface area contributed by atoms with E-state index in [9.17, 15) is 26.7 Å². The van der Waals surface area contributed by atoms with Crippen LogP contribution < -0.4 is 10.1 Å². The number of hydrogen-bond donors (Lipinski definition) is 1. The van der Waals surface area contributed by atoms with Crippen molar-refractivity contribution in [3.05, 3.63) is 59.3 Å². The number of halogens is 5. The summed E-state index contributed by atoms with van der Waals surface area (Å²) in [6.45, 7) is 0.0782. The van der Waals surface area contributed by atoms with Gasteiger partial charge in [-0.05, 0) is 31.5 Å². The molecule has 2 rings (SSSR count). The summed E-state index contributed by atoms with van der Waals surface area (Å²) in [4.78, 5) is 15.7. The molecule has 1 heterocycles. The summed E-state index contributed by atoms with van der Waals surface area (Å²) in [7, 11) is 0. The summed E-state index contributed by atoms with van der Waals surface area (Å²) in [6.07, 6.45) is -3.50. The normalized spacial score (nSPS) is 12.5. The van der Waals surface area contributed by atoms with Gasteiger partial charge in [-0.15, -0.1) is 0 Å². The number of ether oxygens (including phenoxy) is 1. The molecule has 2 aromatic rings. The van der Waals surface area contributed by atoms with Crippen LogP contribution in [0.2, 0.25) is 0 Å². The van der Waals surface area contributed by atoms with Gasteiger partial charge in [-0.3, -0.25) is 4.79 Å². The second-order valence-electron chi connectivity index (χ2n) is 5.57. The van der Waals surface area contributed by atoms with Gasteiger partial charge in [0.2, 0.25) is 5.88 Å². The summed E-state index contributed by atoms with van der Waals surface area (Å²) >= 11 is 0. The first-order chi connectivity index (χ1) is 12.2. The minimum Gasteiger partial charge on any atom is -0.468 e. The van der Waals surface area contributed by atoms with Crippen LogP contribution in [0.15, 0.2) is 36.5 Å². The van der Waals surface area contributed by atoms with Crippen LogP contribution in [-0.4, -0.2) is 29.7 Å². The molecule has 0 bridgehead atoms. The molecule has 140 valence electrons.